The number of rotatable bonds is 8. The lowest BCUT2D eigenvalue weighted by atomic mass is 10.1. The zero-order valence-corrected chi connectivity index (χ0v) is 18.2. The van der Waals surface area contributed by atoms with E-state index < -0.39 is 0 Å². The molecule has 0 aliphatic heterocycles. The minimum absolute atomic E-state index is 0.000444. The second-order valence-corrected chi connectivity index (χ2v) is 7.06. The van der Waals surface area contributed by atoms with Crippen LogP contribution in [0.1, 0.15) is 38.8 Å². The molecule has 0 saturated carbocycles. The Balaban J connectivity index is 1.82. The zero-order valence-electron chi connectivity index (χ0n) is 18.2. The summed E-state index contributed by atoms with van der Waals surface area (Å²) in [5.74, 6) is 0.634. The summed E-state index contributed by atoms with van der Waals surface area (Å²) in [5, 5.41) is 9.34. The largest absolute Gasteiger partial charge is 0.356 e. The van der Waals surface area contributed by atoms with Gasteiger partial charge in [0, 0.05) is 51.9 Å². The Morgan fingerprint density at radius 1 is 0.933 bits per heavy atom. The number of aliphatic imine (C=N–C) groups is 1. The van der Waals surface area contributed by atoms with Gasteiger partial charge in [-0.05, 0) is 48.7 Å². The van der Waals surface area contributed by atoms with Crippen LogP contribution in [0.3, 0.4) is 0 Å². The van der Waals surface area contributed by atoms with Crippen molar-refractivity contribution < 1.29 is 9.59 Å². The first kappa shape index (κ1) is 22.9. The predicted molar refractivity (Wildman–Crippen MR) is 121 cm³/mol. The molecule has 0 unspecified atom stereocenters. The molecule has 7 heteroatoms. The van der Waals surface area contributed by atoms with E-state index in [2.05, 4.69) is 20.9 Å². The smallest absolute Gasteiger partial charge is 0.253 e. The Kier molecular flexibility index (Phi) is 8.87. The van der Waals surface area contributed by atoms with Crippen LogP contribution in [0.4, 0.5) is 0 Å². The Morgan fingerprint density at radius 3 is 2.30 bits per heavy atom. The second-order valence-electron chi connectivity index (χ2n) is 7.06. The van der Waals surface area contributed by atoms with Gasteiger partial charge in [0.1, 0.15) is 0 Å². The molecule has 2 aromatic rings. The molecule has 0 saturated heterocycles. The van der Waals surface area contributed by atoms with Crippen molar-refractivity contribution in [3.8, 4) is 0 Å². The first-order valence-electron chi connectivity index (χ1n) is 10.1. The van der Waals surface area contributed by atoms with Crippen molar-refractivity contribution in [3.63, 3.8) is 0 Å². The van der Waals surface area contributed by atoms with Gasteiger partial charge in [0.05, 0.1) is 0 Å². The summed E-state index contributed by atoms with van der Waals surface area (Å²) >= 11 is 0. The van der Waals surface area contributed by atoms with E-state index in [1.165, 1.54) is 0 Å². The van der Waals surface area contributed by atoms with Gasteiger partial charge in [0.25, 0.3) is 11.8 Å². The van der Waals surface area contributed by atoms with E-state index in [1.54, 1.807) is 26.0 Å². The number of hydrogen-bond donors (Lipinski definition) is 3. The normalized spacial score (nSPS) is 11.0. The van der Waals surface area contributed by atoms with Crippen molar-refractivity contribution in [3.05, 3.63) is 70.8 Å². The molecule has 0 heterocycles. The van der Waals surface area contributed by atoms with E-state index in [1.807, 2.05) is 55.5 Å². The highest BCUT2D eigenvalue weighted by molar-refractivity contribution is 5.94. The molecule has 0 aromatic heterocycles. The van der Waals surface area contributed by atoms with Crippen molar-refractivity contribution in [2.75, 3.05) is 34.2 Å². The minimum Gasteiger partial charge on any atom is -0.356 e. The number of amides is 2. The van der Waals surface area contributed by atoms with Crippen LogP contribution in [0.25, 0.3) is 0 Å². The SMILES string of the molecule is CCNC(=O)c1ccc(CNC(=NC)NCCc2cccc(C(=O)N(C)C)c2)cc1. The Bertz CT molecular complexity index is 875. The molecule has 0 spiro atoms. The van der Waals surface area contributed by atoms with E-state index in [0.717, 1.165) is 17.5 Å². The van der Waals surface area contributed by atoms with Crippen LogP contribution in [-0.4, -0.2) is 56.9 Å². The topological polar surface area (TPSA) is 85.8 Å². The van der Waals surface area contributed by atoms with Crippen LogP contribution in [0.5, 0.6) is 0 Å². The maximum atomic E-state index is 12.1. The maximum Gasteiger partial charge on any atom is 0.253 e. The molecule has 0 bridgehead atoms. The Labute approximate surface area is 178 Å². The number of guanidine groups is 1. The standard InChI is InChI=1S/C23H31N5O2/c1-5-25-21(29)19-11-9-18(10-12-19)16-27-23(24-2)26-14-13-17-7-6-8-20(15-17)22(30)28(3)4/h6-12,15H,5,13-14,16H2,1-4H3,(H,25,29)(H2,24,26,27). The summed E-state index contributed by atoms with van der Waals surface area (Å²) < 4.78 is 0. The van der Waals surface area contributed by atoms with E-state index in [0.29, 0.717) is 36.7 Å². The molecule has 3 N–H and O–H groups in total. The van der Waals surface area contributed by atoms with Gasteiger partial charge in [-0.2, -0.15) is 0 Å². The first-order chi connectivity index (χ1) is 14.4. The molecule has 0 aliphatic rings. The van der Waals surface area contributed by atoms with Crippen LogP contribution in [-0.2, 0) is 13.0 Å². The second kappa shape index (κ2) is 11.6. The van der Waals surface area contributed by atoms with Crippen LogP contribution in [0.2, 0.25) is 0 Å². The molecule has 0 atom stereocenters. The number of carbonyl (C=O) groups is 2. The molecule has 0 aliphatic carbocycles. The third kappa shape index (κ3) is 6.92. The van der Waals surface area contributed by atoms with E-state index >= 15 is 0 Å². The van der Waals surface area contributed by atoms with Gasteiger partial charge in [-0.1, -0.05) is 24.3 Å². The lowest BCUT2D eigenvalue weighted by Crippen LogP contribution is -2.37. The Hall–Kier alpha value is -3.35. The van der Waals surface area contributed by atoms with Crippen molar-refractivity contribution >= 4 is 17.8 Å². The number of benzene rings is 2. The van der Waals surface area contributed by atoms with Gasteiger partial charge in [-0.25, -0.2) is 0 Å². The van der Waals surface area contributed by atoms with E-state index in [-0.39, 0.29) is 11.8 Å². The summed E-state index contributed by atoms with van der Waals surface area (Å²) in [6.07, 6.45) is 0.774. The monoisotopic (exact) mass is 409 g/mol. The van der Waals surface area contributed by atoms with Gasteiger partial charge >= 0.3 is 0 Å². The fourth-order valence-corrected chi connectivity index (χ4v) is 2.89. The van der Waals surface area contributed by atoms with Crippen LogP contribution >= 0.6 is 0 Å². The fraction of sp³-hybridized carbons (Fsp3) is 0.348. The molecule has 2 amide bonds. The molecule has 2 aromatic carbocycles. The molecular formula is C23H31N5O2. The van der Waals surface area contributed by atoms with Gasteiger partial charge in [0.2, 0.25) is 0 Å². The maximum absolute atomic E-state index is 12.1. The molecule has 160 valence electrons. The summed E-state index contributed by atoms with van der Waals surface area (Å²) in [6.45, 7) is 3.80. The molecule has 7 nitrogen and oxygen atoms in total. The quantitative estimate of drug-likeness (QED) is 0.460. The number of carbonyl (C=O) groups excluding carboxylic acids is 2. The van der Waals surface area contributed by atoms with Gasteiger partial charge in [0.15, 0.2) is 5.96 Å². The molecule has 2 rings (SSSR count). The van der Waals surface area contributed by atoms with Crippen molar-refractivity contribution in [2.24, 2.45) is 4.99 Å². The third-order valence-electron chi connectivity index (χ3n) is 4.52. The summed E-state index contributed by atoms with van der Waals surface area (Å²) in [6, 6.07) is 15.2. The average molecular weight is 410 g/mol. The first-order valence-corrected chi connectivity index (χ1v) is 10.1. The fourth-order valence-electron chi connectivity index (χ4n) is 2.89. The van der Waals surface area contributed by atoms with Gasteiger partial charge in [-0.3, -0.25) is 14.6 Å². The predicted octanol–water partition coefficient (Wildman–Crippen LogP) is 2.05. The zero-order chi connectivity index (χ0) is 21.9. The molecule has 30 heavy (non-hydrogen) atoms. The lowest BCUT2D eigenvalue weighted by Gasteiger charge is -2.13. The van der Waals surface area contributed by atoms with Gasteiger partial charge < -0.3 is 20.9 Å². The van der Waals surface area contributed by atoms with E-state index in [4.69, 9.17) is 0 Å². The molecule has 0 fully saturated rings. The summed E-state index contributed by atoms with van der Waals surface area (Å²) in [7, 11) is 5.23. The van der Waals surface area contributed by atoms with Crippen LogP contribution in [0, 0.1) is 0 Å². The van der Waals surface area contributed by atoms with Crippen molar-refractivity contribution in [2.45, 2.75) is 19.9 Å². The van der Waals surface area contributed by atoms with Gasteiger partial charge in [-0.15, -0.1) is 0 Å². The summed E-state index contributed by atoms with van der Waals surface area (Å²) in [5.41, 5.74) is 3.49. The highest BCUT2D eigenvalue weighted by Crippen LogP contribution is 2.08. The minimum atomic E-state index is -0.0640. The number of nitrogens with one attached hydrogen (secondary N) is 3. The highest BCUT2D eigenvalue weighted by Gasteiger charge is 2.08. The average Bonchev–Trinajstić information content (AvgIpc) is 2.76. The Morgan fingerprint density at radius 2 is 1.67 bits per heavy atom. The third-order valence-corrected chi connectivity index (χ3v) is 4.52. The van der Waals surface area contributed by atoms with Crippen molar-refractivity contribution in [1.29, 1.82) is 0 Å². The number of nitrogens with zero attached hydrogens (tertiary/aromatic N) is 2. The van der Waals surface area contributed by atoms with E-state index in [9.17, 15) is 9.59 Å². The molecular weight excluding hydrogens is 378 g/mol. The van der Waals surface area contributed by atoms with Crippen LogP contribution in [0.15, 0.2) is 53.5 Å². The molecule has 0 radical (unpaired) electrons. The highest BCUT2D eigenvalue weighted by atomic mass is 16.2. The summed E-state index contributed by atoms with van der Waals surface area (Å²) in [4.78, 5) is 29.7. The lowest BCUT2D eigenvalue weighted by molar-refractivity contribution is 0.0827. The number of hydrogen-bond acceptors (Lipinski definition) is 3. The van der Waals surface area contributed by atoms with Crippen molar-refractivity contribution in [1.82, 2.24) is 20.9 Å². The van der Waals surface area contributed by atoms with Crippen LogP contribution < -0.4 is 16.0 Å².